The number of fused-ring (bicyclic) bond motifs is 2. The van der Waals surface area contributed by atoms with Crippen molar-refractivity contribution in [3.8, 4) is 0 Å². The Balaban J connectivity index is 2.00. The summed E-state index contributed by atoms with van der Waals surface area (Å²) in [5.74, 6) is 0.267. The predicted octanol–water partition coefficient (Wildman–Crippen LogP) is 1.73. The molecule has 2 aliphatic heterocycles. The number of carbonyl (C=O) groups excluding carboxylic acids is 1. The van der Waals surface area contributed by atoms with Crippen LogP contribution < -0.4 is 0 Å². The molecule has 1 amide bonds. The second kappa shape index (κ2) is 4.02. The van der Waals surface area contributed by atoms with Crippen LogP contribution in [0.15, 0.2) is 0 Å². The number of rotatable bonds is 1. The molecular weight excluding hydrogens is 200 g/mol. The van der Waals surface area contributed by atoms with Crippen LogP contribution >= 0.6 is 0 Å². The third kappa shape index (κ3) is 2.40. The Morgan fingerprint density at radius 3 is 2.06 bits per heavy atom. The minimum atomic E-state index is 0.267. The summed E-state index contributed by atoms with van der Waals surface area (Å²) < 4.78 is 0. The van der Waals surface area contributed by atoms with Gasteiger partial charge in [-0.3, -0.25) is 9.69 Å². The number of amides is 1. The molecule has 0 aliphatic carbocycles. The van der Waals surface area contributed by atoms with Crippen molar-refractivity contribution in [2.24, 2.45) is 5.41 Å². The molecule has 0 saturated carbocycles. The van der Waals surface area contributed by atoms with Crippen LogP contribution in [-0.4, -0.2) is 47.4 Å². The molecule has 0 N–H and O–H groups in total. The molecule has 2 unspecified atom stereocenters. The van der Waals surface area contributed by atoms with Gasteiger partial charge < -0.3 is 4.90 Å². The summed E-state index contributed by atoms with van der Waals surface area (Å²) in [6.07, 6.45) is 2.40. The topological polar surface area (TPSA) is 23.6 Å². The van der Waals surface area contributed by atoms with E-state index in [4.69, 9.17) is 0 Å². The zero-order valence-electron chi connectivity index (χ0n) is 11.0. The van der Waals surface area contributed by atoms with Crippen molar-refractivity contribution in [2.75, 3.05) is 19.6 Å². The highest BCUT2D eigenvalue weighted by atomic mass is 16.2. The lowest BCUT2D eigenvalue weighted by Gasteiger charge is -2.42. The van der Waals surface area contributed by atoms with Crippen molar-refractivity contribution < 1.29 is 4.79 Å². The zero-order valence-corrected chi connectivity index (χ0v) is 11.0. The maximum Gasteiger partial charge on any atom is 0.220 e. The molecule has 2 rings (SSSR count). The maximum absolute atomic E-state index is 11.6. The fourth-order valence-corrected chi connectivity index (χ4v) is 3.30. The zero-order chi connectivity index (χ0) is 11.9. The summed E-state index contributed by atoms with van der Waals surface area (Å²) in [6, 6.07) is 0.970. The number of nitrogens with zero attached hydrogens (tertiary/aromatic N) is 2. The summed E-state index contributed by atoms with van der Waals surface area (Å²) >= 11 is 0. The molecule has 2 fully saturated rings. The smallest absolute Gasteiger partial charge is 0.220 e. The molecule has 2 bridgehead atoms. The van der Waals surface area contributed by atoms with E-state index in [1.807, 2.05) is 0 Å². The molecule has 3 nitrogen and oxygen atoms in total. The van der Waals surface area contributed by atoms with Gasteiger partial charge >= 0.3 is 0 Å². The third-order valence-corrected chi connectivity index (χ3v) is 3.62. The fourth-order valence-electron chi connectivity index (χ4n) is 3.30. The highest BCUT2D eigenvalue weighted by molar-refractivity contribution is 5.74. The molecule has 0 spiro atoms. The molecule has 0 radical (unpaired) electrons. The number of likely N-dealkylation sites (tertiary alicyclic amines) is 1. The summed E-state index contributed by atoms with van der Waals surface area (Å²) in [5, 5.41) is 0. The van der Waals surface area contributed by atoms with Crippen LogP contribution in [0.2, 0.25) is 0 Å². The van der Waals surface area contributed by atoms with Crippen molar-refractivity contribution in [3.05, 3.63) is 0 Å². The first-order valence-corrected chi connectivity index (χ1v) is 6.38. The summed E-state index contributed by atoms with van der Waals surface area (Å²) in [6.45, 7) is 11.9. The highest BCUT2D eigenvalue weighted by Gasteiger charge is 2.41. The van der Waals surface area contributed by atoms with E-state index < -0.39 is 0 Å². The van der Waals surface area contributed by atoms with Gasteiger partial charge in [0.25, 0.3) is 0 Å². The van der Waals surface area contributed by atoms with E-state index in [0.717, 1.165) is 19.6 Å². The van der Waals surface area contributed by atoms with Gasteiger partial charge in [0, 0.05) is 38.6 Å². The van der Waals surface area contributed by atoms with E-state index in [2.05, 4.69) is 30.6 Å². The average Bonchev–Trinajstić information content (AvgIpc) is 2.36. The first-order valence-electron chi connectivity index (χ1n) is 6.38. The maximum atomic E-state index is 11.6. The van der Waals surface area contributed by atoms with Gasteiger partial charge in [0.15, 0.2) is 0 Å². The Hall–Kier alpha value is -0.570. The largest absolute Gasteiger partial charge is 0.334 e. The van der Waals surface area contributed by atoms with E-state index in [-0.39, 0.29) is 5.91 Å². The van der Waals surface area contributed by atoms with Gasteiger partial charge in [-0.2, -0.15) is 0 Å². The predicted molar refractivity (Wildman–Crippen MR) is 65.2 cm³/mol. The second-order valence-electron chi connectivity index (χ2n) is 6.57. The van der Waals surface area contributed by atoms with Gasteiger partial charge in [-0.25, -0.2) is 0 Å². The fraction of sp³-hybridized carbons (Fsp3) is 0.923. The number of hydrogen-bond donors (Lipinski definition) is 0. The van der Waals surface area contributed by atoms with Crippen molar-refractivity contribution >= 4 is 5.91 Å². The average molecular weight is 224 g/mol. The minimum Gasteiger partial charge on any atom is -0.334 e. The van der Waals surface area contributed by atoms with Crippen molar-refractivity contribution in [1.82, 2.24) is 9.80 Å². The van der Waals surface area contributed by atoms with E-state index >= 15 is 0 Å². The summed E-state index contributed by atoms with van der Waals surface area (Å²) in [5.41, 5.74) is 0.359. The Labute approximate surface area is 98.8 Å². The first kappa shape index (κ1) is 11.9. The molecule has 16 heavy (non-hydrogen) atoms. The molecule has 2 aliphatic rings. The molecule has 3 heteroatoms. The van der Waals surface area contributed by atoms with Crippen LogP contribution in [0.3, 0.4) is 0 Å². The van der Waals surface area contributed by atoms with Crippen LogP contribution in [0.4, 0.5) is 0 Å². The highest BCUT2D eigenvalue weighted by Crippen LogP contribution is 2.31. The Morgan fingerprint density at radius 2 is 1.69 bits per heavy atom. The Morgan fingerprint density at radius 1 is 1.19 bits per heavy atom. The molecule has 2 atom stereocenters. The molecule has 2 heterocycles. The number of hydrogen-bond acceptors (Lipinski definition) is 2. The second-order valence-corrected chi connectivity index (χ2v) is 6.57. The van der Waals surface area contributed by atoms with Gasteiger partial charge in [-0.15, -0.1) is 0 Å². The van der Waals surface area contributed by atoms with Crippen LogP contribution in [0.1, 0.15) is 40.5 Å². The van der Waals surface area contributed by atoms with Crippen molar-refractivity contribution in [2.45, 2.75) is 52.6 Å². The summed E-state index contributed by atoms with van der Waals surface area (Å²) in [7, 11) is 0. The third-order valence-electron chi connectivity index (χ3n) is 3.62. The molecule has 0 aromatic carbocycles. The van der Waals surface area contributed by atoms with Crippen molar-refractivity contribution in [3.63, 3.8) is 0 Å². The SMILES string of the molecule is CC(=O)N1C2CCC1CN(CC(C)(C)C)C2. The van der Waals surface area contributed by atoms with Gasteiger partial charge in [0.05, 0.1) is 0 Å². The van der Waals surface area contributed by atoms with Gasteiger partial charge in [0.2, 0.25) is 5.91 Å². The van der Waals surface area contributed by atoms with Crippen LogP contribution in [-0.2, 0) is 4.79 Å². The van der Waals surface area contributed by atoms with E-state index in [1.54, 1.807) is 6.92 Å². The van der Waals surface area contributed by atoms with Gasteiger partial charge in [0.1, 0.15) is 0 Å². The van der Waals surface area contributed by atoms with Crippen LogP contribution in [0.25, 0.3) is 0 Å². The number of carbonyl (C=O) groups is 1. The quantitative estimate of drug-likeness (QED) is 0.677. The molecule has 2 saturated heterocycles. The Bertz CT molecular complexity index is 268. The monoisotopic (exact) mass is 224 g/mol. The first-order chi connectivity index (χ1) is 7.37. The molecule has 92 valence electrons. The van der Waals surface area contributed by atoms with Gasteiger partial charge in [-0.1, -0.05) is 20.8 Å². The van der Waals surface area contributed by atoms with E-state index in [1.165, 1.54) is 12.8 Å². The standard InChI is InChI=1S/C13H24N2O/c1-10(16)15-11-5-6-12(15)8-14(7-11)9-13(2,3)4/h11-12H,5-9H2,1-4H3. The van der Waals surface area contributed by atoms with E-state index in [0.29, 0.717) is 17.5 Å². The molecule has 0 aromatic heterocycles. The molecular formula is C13H24N2O. The number of piperazine rings is 1. The lowest BCUT2D eigenvalue weighted by molar-refractivity contribution is -0.134. The van der Waals surface area contributed by atoms with Crippen LogP contribution in [0, 0.1) is 5.41 Å². The lowest BCUT2D eigenvalue weighted by Crippen LogP contribution is -2.56. The minimum absolute atomic E-state index is 0.267. The van der Waals surface area contributed by atoms with E-state index in [9.17, 15) is 4.79 Å². The Kier molecular flexibility index (Phi) is 2.99. The summed E-state index contributed by atoms with van der Waals surface area (Å²) in [4.78, 5) is 16.2. The molecule has 0 aromatic rings. The normalized spacial score (nSPS) is 30.9. The van der Waals surface area contributed by atoms with Crippen LogP contribution in [0.5, 0.6) is 0 Å². The van der Waals surface area contributed by atoms with Crippen molar-refractivity contribution in [1.29, 1.82) is 0 Å². The van der Waals surface area contributed by atoms with Gasteiger partial charge in [-0.05, 0) is 18.3 Å². The lowest BCUT2D eigenvalue weighted by atomic mass is 9.95.